The summed E-state index contributed by atoms with van der Waals surface area (Å²) in [6.07, 6.45) is 1.51. The molecule has 22 heavy (non-hydrogen) atoms. The molecule has 3 rings (SSSR count). The molecule has 1 aliphatic heterocycles. The van der Waals surface area contributed by atoms with Crippen LogP contribution in [0.4, 0.5) is 0 Å². The Morgan fingerprint density at radius 3 is 2.05 bits per heavy atom. The second kappa shape index (κ2) is 6.75. The second-order valence-corrected chi connectivity index (χ2v) is 5.68. The lowest BCUT2D eigenvalue weighted by atomic mass is 9.89. The van der Waals surface area contributed by atoms with E-state index in [4.69, 9.17) is 4.74 Å². The van der Waals surface area contributed by atoms with Gasteiger partial charge in [-0.15, -0.1) is 0 Å². The third kappa shape index (κ3) is 3.04. The van der Waals surface area contributed by atoms with E-state index in [0.29, 0.717) is 6.42 Å². The lowest BCUT2D eigenvalue weighted by Crippen LogP contribution is -2.50. The van der Waals surface area contributed by atoms with E-state index in [1.807, 2.05) is 12.1 Å². The largest absolute Gasteiger partial charge is 0.469 e. The molecule has 0 N–H and O–H groups in total. The van der Waals surface area contributed by atoms with Crippen molar-refractivity contribution in [2.45, 2.75) is 24.9 Å². The molecular formula is C19H21NO2. The van der Waals surface area contributed by atoms with Crippen LogP contribution in [0.5, 0.6) is 0 Å². The Morgan fingerprint density at radius 2 is 1.64 bits per heavy atom. The summed E-state index contributed by atoms with van der Waals surface area (Å²) in [5.41, 5.74) is 2.53. The molecular weight excluding hydrogens is 274 g/mol. The minimum absolute atomic E-state index is 0.130. The Balaban J connectivity index is 1.88. The predicted octanol–water partition coefficient (Wildman–Crippen LogP) is 3.41. The molecule has 0 saturated carbocycles. The van der Waals surface area contributed by atoms with Crippen LogP contribution in [0.1, 0.15) is 30.0 Å². The van der Waals surface area contributed by atoms with Crippen LogP contribution in [0.25, 0.3) is 0 Å². The fraction of sp³-hybridized carbons (Fsp3) is 0.316. The molecule has 2 aromatic rings. The minimum Gasteiger partial charge on any atom is -0.469 e. The van der Waals surface area contributed by atoms with E-state index in [9.17, 15) is 4.79 Å². The van der Waals surface area contributed by atoms with Crippen LogP contribution in [-0.2, 0) is 9.53 Å². The van der Waals surface area contributed by atoms with Crippen molar-refractivity contribution < 1.29 is 9.53 Å². The summed E-state index contributed by atoms with van der Waals surface area (Å²) < 4.78 is 4.83. The van der Waals surface area contributed by atoms with Gasteiger partial charge in [0.2, 0.25) is 0 Å². The third-order valence-corrected chi connectivity index (χ3v) is 4.38. The molecule has 1 heterocycles. The molecule has 2 aromatic carbocycles. The molecule has 3 nitrogen and oxygen atoms in total. The summed E-state index contributed by atoms with van der Waals surface area (Å²) in [7, 11) is 1.46. The number of carbonyl (C=O) groups is 1. The number of rotatable bonds is 5. The zero-order chi connectivity index (χ0) is 15.4. The Morgan fingerprint density at radius 1 is 1.09 bits per heavy atom. The standard InChI is InChI=1S/C19H21NO2/c1-22-18(21)14-17-12-13-20(17)19(15-8-4-2-5-9-15)16-10-6-3-7-11-16/h2-11,17,19H,12-14H2,1H3. The number of nitrogens with zero attached hydrogens (tertiary/aromatic N) is 1. The van der Waals surface area contributed by atoms with Crippen molar-refractivity contribution in [3.63, 3.8) is 0 Å². The van der Waals surface area contributed by atoms with Gasteiger partial charge in [0.15, 0.2) is 0 Å². The van der Waals surface area contributed by atoms with E-state index < -0.39 is 0 Å². The molecule has 1 unspecified atom stereocenters. The van der Waals surface area contributed by atoms with E-state index >= 15 is 0 Å². The van der Waals surface area contributed by atoms with Gasteiger partial charge in [-0.2, -0.15) is 0 Å². The summed E-state index contributed by atoms with van der Waals surface area (Å²) in [6, 6.07) is 21.4. The lowest BCUT2D eigenvalue weighted by molar-refractivity contribution is -0.143. The fourth-order valence-corrected chi connectivity index (χ4v) is 3.14. The van der Waals surface area contributed by atoms with Gasteiger partial charge in [0, 0.05) is 12.6 Å². The third-order valence-electron chi connectivity index (χ3n) is 4.38. The van der Waals surface area contributed by atoms with Gasteiger partial charge in [0.25, 0.3) is 0 Å². The zero-order valence-corrected chi connectivity index (χ0v) is 12.8. The normalized spacial score (nSPS) is 18.0. The van der Waals surface area contributed by atoms with Gasteiger partial charge < -0.3 is 4.74 Å². The molecule has 0 radical (unpaired) electrons. The van der Waals surface area contributed by atoms with Crippen molar-refractivity contribution in [3.05, 3.63) is 71.8 Å². The molecule has 114 valence electrons. The van der Waals surface area contributed by atoms with E-state index in [2.05, 4.69) is 53.4 Å². The smallest absolute Gasteiger partial charge is 0.307 e. The van der Waals surface area contributed by atoms with E-state index in [1.165, 1.54) is 18.2 Å². The van der Waals surface area contributed by atoms with Crippen molar-refractivity contribution in [1.82, 2.24) is 4.90 Å². The summed E-state index contributed by atoms with van der Waals surface area (Å²) in [5.74, 6) is -0.130. The summed E-state index contributed by atoms with van der Waals surface area (Å²) in [4.78, 5) is 14.0. The summed E-state index contributed by atoms with van der Waals surface area (Å²) >= 11 is 0. The number of likely N-dealkylation sites (tertiary alicyclic amines) is 1. The van der Waals surface area contributed by atoms with Crippen LogP contribution in [-0.4, -0.2) is 30.6 Å². The van der Waals surface area contributed by atoms with E-state index in [1.54, 1.807) is 0 Å². The minimum atomic E-state index is -0.130. The van der Waals surface area contributed by atoms with Gasteiger partial charge in [-0.3, -0.25) is 9.69 Å². The first kappa shape index (κ1) is 14.8. The average Bonchev–Trinajstić information content (AvgIpc) is 2.57. The van der Waals surface area contributed by atoms with Crippen molar-refractivity contribution in [2.24, 2.45) is 0 Å². The van der Waals surface area contributed by atoms with Crippen LogP contribution in [0.3, 0.4) is 0 Å². The number of methoxy groups -OCH3 is 1. The SMILES string of the molecule is COC(=O)CC1CCN1C(c1ccccc1)c1ccccc1. The topological polar surface area (TPSA) is 29.5 Å². The lowest BCUT2D eigenvalue weighted by Gasteiger charge is -2.46. The molecule has 3 heteroatoms. The Kier molecular flexibility index (Phi) is 4.54. The second-order valence-electron chi connectivity index (χ2n) is 5.68. The first-order chi connectivity index (χ1) is 10.8. The highest BCUT2D eigenvalue weighted by atomic mass is 16.5. The van der Waals surface area contributed by atoms with Crippen molar-refractivity contribution in [2.75, 3.05) is 13.7 Å². The highest BCUT2D eigenvalue weighted by Crippen LogP contribution is 2.36. The fourth-order valence-electron chi connectivity index (χ4n) is 3.14. The molecule has 1 fully saturated rings. The van der Waals surface area contributed by atoms with Crippen LogP contribution >= 0.6 is 0 Å². The van der Waals surface area contributed by atoms with E-state index in [-0.39, 0.29) is 18.1 Å². The van der Waals surface area contributed by atoms with Crippen LogP contribution in [0.2, 0.25) is 0 Å². The summed E-state index contributed by atoms with van der Waals surface area (Å²) in [6.45, 7) is 1.01. The van der Waals surface area contributed by atoms with Crippen LogP contribution < -0.4 is 0 Å². The highest BCUT2D eigenvalue weighted by molar-refractivity contribution is 5.70. The van der Waals surface area contributed by atoms with Crippen molar-refractivity contribution >= 4 is 5.97 Å². The Labute approximate surface area is 131 Å². The zero-order valence-electron chi connectivity index (χ0n) is 12.8. The molecule has 0 aliphatic carbocycles. The molecule has 0 bridgehead atoms. The molecule has 1 atom stereocenters. The van der Waals surface area contributed by atoms with Gasteiger partial charge in [0.05, 0.1) is 19.6 Å². The molecule has 1 saturated heterocycles. The highest BCUT2D eigenvalue weighted by Gasteiger charge is 2.36. The molecule has 0 aromatic heterocycles. The maximum Gasteiger partial charge on any atom is 0.307 e. The number of hydrogen-bond donors (Lipinski definition) is 0. The van der Waals surface area contributed by atoms with Gasteiger partial charge in [-0.25, -0.2) is 0 Å². The first-order valence-electron chi connectivity index (χ1n) is 7.72. The summed E-state index contributed by atoms with van der Waals surface area (Å²) in [5, 5.41) is 0. The van der Waals surface area contributed by atoms with Crippen molar-refractivity contribution in [3.8, 4) is 0 Å². The van der Waals surface area contributed by atoms with Gasteiger partial charge in [-0.1, -0.05) is 60.7 Å². The average molecular weight is 295 g/mol. The molecule has 0 spiro atoms. The quantitative estimate of drug-likeness (QED) is 0.792. The number of ether oxygens (including phenoxy) is 1. The molecule has 0 amide bonds. The van der Waals surface area contributed by atoms with Gasteiger partial charge in [-0.05, 0) is 17.5 Å². The maximum absolute atomic E-state index is 11.6. The van der Waals surface area contributed by atoms with Gasteiger partial charge in [0.1, 0.15) is 0 Å². The van der Waals surface area contributed by atoms with Crippen molar-refractivity contribution in [1.29, 1.82) is 0 Å². The first-order valence-corrected chi connectivity index (χ1v) is 7.72. The predicted molar refractivity (Wildman–Crippen MR) is 86.5 cm³/mol. The number of hydrogen-bond acceptors (Lipinski definition) is 3. The van der Waals surface area contributed by atoms with Crippen LogP contribution in [0, 0.1) is 0 Å². The Bertz CT molecular complexity index is 572. The Hall–Kier alpha value is -2.13. The molecule has 1 aliphatic rings. The van der Waals surface area contributed by atoms with Gasteiger partial charge >= 0.3 is 5.97 Å². The number of benzene rings is 2. The number of carbonyl (C=O) groups excluding carboxylic acids is 1. The number of esters is 1. The maximum atomic E-state index is 11.6. The van der Waals surface area contributed by atoms with Crippen LogP contribution in [0.15, 0.2) is 60.7 Å². The van der Waals surface area contributed by atoms with E-state index in [0.717, 1.165) is 13.0 Å². The monoisotopic (exact) mass is 295 g/mol.